The molecule has 3 nitrogen and oxygen atoms in total. The Balaban J connectivity index is 5.74. The predicted molar refractivity (Wildman–Crippen MR) is 66.6 cm³/mol. The Morgan fingerprint density at radius 1 is 0.640 bits per heavy atom. The van der Waals surface area contributed by atoms with Crippen molar-refractivity contribution < 1.29 is 57.2 Å². The Labute approximate surface area is 137 Å². The minimum absolute atomic E-state index is 0.784. The number of hydrogen-bond donors (Lipinski definition) is 0. The van der Waals surface area contributed by atoms with Gasteiger partial charge in [-0.15, -0.1) is 0 Å². The van der Waals surface area contributed by atoms with Gasteiger partial charge in [0, 0.05) is 40.7 Å². The first-order valence-corrected chi connectivity index (χ1v) is 8.37. The standard InChI is InChI=1S/C11H16F10O3Si/c1-7(12,13)9(16,17)11(20,21)10(18,19)8(14,15)5-6-25(22-2,23-3)24-4/h5-6H2,1-4H3. The van der Waals surface area contributed by atoms with Crippen molar-refractivity contribution >= 4 is 8.80 Å². The number of alkyl halides is 10. The highest BCUT2D eigenvalue weighted by atomic mass is 28.4. The topological polar surface area (TPSA) is 27.7 Å². The van der Waals surface area contributed by atoms with Crippen LogP contribution in [0.15, 0.2) is 0 Å². The molecule has 0 saturated carbocycles. The van der Waals surface area contributed by atoms with Crippen LogP contribution in [0.5, 0.6) is 0 Å². The van der Waals surface area contributed by atoms with Gasteiger partial charge in [-0.2, -0.15) is 43.9 Å². The summed E-state index contributed by atoms with van der Waals surface area (Å²) in [5, 5.41) is 0. The second-order valence-electron chi connectivity index (χ2n) is 5.11. The Morgan fingerprint density at radius 3 is 1.28 bits per heavy atom. The van der Waals surface area contributed by atoms with Crippen molar-refractivity contribution in [3.8, 4) is 0 Å². The van der Waals surface area contributed by atoms with Crippen LogP contribution in [0.2, 0.25) is 6.04 Å². The summed E-state index contributed by atoms with van der Waals surface area (Å²) in [4.78, 5) is 0. The molecule has 0 fully saturated rings. The Hall–Kier alpha value is -0.603. The fourth-order valence-corrected chi connectivity index (χ4v) is 3.46. The lowest BCUT2D eigenvalue weighted by Crippen LogP contribution is -2.66. The molecule has 14 heteroatoms. The molecule has 0 amide bonds. The van der Waals surface area contributed by atoms with Gasteiger partial charge in [-0.3, -0.25) is 0 Å². The van der Waals surface area contributed by atoms with Crippen molar-refractivity contribution in [3.63, 3.8) is 0 Å². The van der Waals surface area contributed by atoms with Crippen LogP contribution in [0.4, 0.5) is 43.9 Å². The van der Waals surface area contributed by atoms with E-state index in [1.54, 1.807) is 0 Å². The van der Waals surface area contributed by atoms with Crippen LogP contribution in [0.3, 0.4) is 0 Å². The maximum atomic E-state index is 13.6. The number of hydrogen-bond acceptors (Lipinski definition) is 3. The van der Waals surface area contributed by atoms with Gasteiger partial charge >= 0.3 is 38.4 Å². The van der Waals surface area contributed by atoms with Gasteiger partial charge in [0.15, 0.2) is 0 Å². The molecule has 0 aromatic rings. The molecule has 0 aliphatic rings. The van der Waals surface area contributed by atoms with E-state index in [9.17, 15) is 43.9 Å². The predicted octanol–water partition coefficient (Wildman–Crippen LogP) is 4.45. The molecular formula is C11H16F10O3Si. The normalized spacial score (nSPS) is 15.6. The zero-order chi connectivity index (χ0) is 20.5. The molecule has 0 aromatic carbocycles. The highest BCUT2D eigenvalue weighted by Gasteiger charge is 2.85. The van der Waals surface area contributed by atoms with E-state index < -0.39 is 57.8 Å². The van der Waals surface area contributed by atoms with Gasteiger partial charge in [0.05, 0.1) is 0 Å². The monoisotopic (exact) mass is 414 g/mol. The molecule has 0 radical (unpaired) electrons. The summed E-state index contributed by atoms with van der Waals surface area (Å²) in [6.45, 7) is -0.784. The fourth-order valence-electron chi connectivity index (χ4n) is 1.73. The van der Waals surface area contributed by atoms with Gasteiger partial charge in [0.1, 0.15) is 0 Å². The lowest BCUT2D eigenvalue weighted by molar-refractivity contribution is -0.399. The lowest BCUT2D eigenvalue weighted by Gasteiger charge is -2.39. The van der Waals surface area contributed by atoms with E-state index in [1.807, 2.05) is 0 Å². The molecule has 0 atom stereocenters. The zero-order valence-electron chi connectivity index (χ0n) is 13.4. The van der Waals surface area contributed by atoms with Crippen molar-refractivity contribution in [2.75, 3.05) is 21.3 Å². The van der Waals surface area contributed by atoms with E-state index in [0.29, 0.717) is 0 Å². The van der Waals surface area contributed by atoms with Gasteiger partial charge in [0.25, 0.3) is 0 Å². The number of halogens is 10. The summed E-state index contributed by atoms with van der Waals surface area (Å²) >= 11 is 0. The van der Waals surface area contributed by atoms with Crippen molar-refractivity contribution in [1.29, 1.82) is 0 Å². The van der Waals surface area contributed by atoms with Crippen LogP contribution >= 0.6 is 0 Å². The Bertz CT molecular complexity index is 440. The van der Waals surface area contributed by atoms with Crippen molar-refractivity contribution in [1.82, 2.24) is 0 Å². The highest BCUT2D eigenvalue weighted by molar-refractivity contribution is 6.60. The third-order valence-electron chi connectivity index (χ3n) is 3.48. The number of rotatable bonds is 10. The van der Waals surface area contributed by atoms with Gasteiger partial charge in [-0.05, 0) is 0 Å². The summed E-state index contributed by atoms with van der Waals surface area (Å²) in [5.74, 6) is -32.0. The molecule has 0 aromatic heterocycles. The Kier molecular flexibility index (Phi) is 7.02. The molecule has 25 heavy (non-hydrogen) atoms. The first kappa shape index (κ1) is 24.4. The molecule has 0 saturated heterocycles. The highest BCUT2D eigenvalue weighted by Crippen LogP contribution is 2.57. The van der Waals surface area contributed by atoms with Gasteiger partial charge in [-0.25, -0.2) is 0 Å². The maximum absolute atomic E-state index is 13.6. The second kappa shape index (κ2) is 7.19. The quantitative estimate of drug-likeness (QED) is 0.391. The van der Waals surface area contributed by atoms with Crippen molar-refractivity contribution in [3.05, 3.63) is 0 Å². The first-order chi connectivity index (χ1) is 10.9. The molecule has 0 bridgehead atoms. The first-order valence-electron chi connectivity index (χ1n) is 6.43. The largest absolute Gasteiger partial charge is 0.500 e. The van der Waals surface area contributed by atoms with Crippen molar-refractivity contribution in [2.45, 2.75) is 49.0 Å². The van der Waals surface area contributed by atoms with Crippen LogP contribution in [0, 0.1) is 0 Å². The van der Waals surface area contributed by atoms with E-state index in [0.717, 1.165) is 21.3 Å². The minimum atomic E-state index is -7.04. The zero-order valence-corrected chi connectivity index (χ0v) is 14.4. The molecular weight excluding hydrogens is 398 g/mol. The van der Waals surface area contributed by atoms with Crippen LogP contribution < -0.4 is 0 Å². The van der Waals surface area contributed by atoms with E-state index in [4.69, 9.17) is 0 Å². The van der Waals surface area contributed by atoms with E-state index in [1.165, 1.54) is 0 Å². The second-order valence-corrected chi connectivity index (χ2v) is 8.20. The molecule has 0 N–H and O–H groups in total. The van der Waals surface area contributed by atoms with E-state index >= 15 is 0 Å². The molecule has 152 valence electrons. The molecule has 0 spiro atoms. The maximum Gasteiger partial charge on any atom is 0.500 e. The third kappa shape index (κ3) is 4.05. The average molecular weight is 414 g/mol. The fraction of sp³-hybridized carbons (Fsp3) is 1.00. The van der Waals surface area contributed by atoms with Crippen LogP contribution in [0.25, 0.3) is 0 Å². The summed E-state index contributed by atoms with van der Waals surface area (Å²) in [7, 11) is -1.25. The average Bonchev–Trinajstić information content (AvgIpc) is 2.47. The molecule has 0 unspecified atom stereocenters. The van der Waals surface area contributed by atoms with E-state index in [2.05, 4.69) is 13.3 Å². The van der Waals surface area contributed by atoms with Crippen LogP contribution in [-0.2, 0) is 13.3 Å². The summed E-state index contributed by atoms with van der Waals surface area (Å²) in [6.07, 6.45) is -2.14. The SMILES string of the molecule is CO[Si](CCC(F)(F)C(F)(F)C(F)(F)C(F)(F)C(C)(F)F)(OC)OC. The molecule has 0 aliphatic heterocycles. The van der Waals surface area contributed by atoms with Crippen LogP contribution in [0.1, 0.15) is 13.3 Å². The summed E-state index contributed by atoms with van der Waals surface area (Å²) in [5.41, 5.74) is 0. The van der Waals surface area contributed by atoms with Gasteiger partial charge in [0.2, 0.25) is 0 Å². The van der Waals surface area contributed by atoms with Crippen LogP contribution in [-0.4, -0.2) is 59.7 Å². The van der Waals surface area contributed by atoms with Gasteiger partial charge < -0.3 is 13.3 Å². The summed E-state index contributed by atoms with van der Waals surface area (Å²) in [6, 6.07) is -1.16. The molecule has 0 rings (SSSR count). The minimum Gasteiger partial charge on any atom is -0.377 e. The third-order valence-corrected chi connectivity index (χ3v) is 6.21. The molecule has 0 aliphatic carbocycles. The van der Waals surface area contributed by atoms with E-state index in [-0.39, 0.29) is 0 Å². The lowest BCUT2D eigenvalue weighted by atomic mass is 9.94. The van der Waals surface area contributed by atoms with Gasteiger partial charge in [-0.1, -0.05) is 0 Å². The summed E-state index contributed by atoms with van der Waals surface area (Å²) < 4.78 is 146. The smallest absolute Gasteiger partial charge is 0.377 e. The molecule has 0 heterocycles. The van der Waals surface area contributed by atoms with Crippen molar-refractivity contribution in [2.24, 2.45) is 0 Å². The Morgan fingerprint density at radius 2 is 1.00 bits per heavy atom.